The third kappa shape index (κ3) is 4.05. The van der Waals surface area contributed by atoms with Crippen molar-refractivity contribution in [1.82, 2.24) is 9.55 Å². The van der Waals surface area contributed by atoms with Crippen molar-refractivity contribution in [2.24, 2.45) is 0 Å². The van der Waals surface area contributed by atoms with Gasteiger partial charge in [0.05, 0.1) is 11.6 Å². The first-order valence-corrected chi connectivity index (χ1v) is 10.7. The smallest absolute Gasteiger partial charge is 0.193 e. The van der Waals surface area contributed by atoms with Gasteiger partial charge in [0, 0.05) is 30.1 Å². The Labute approximate surface area is 186 Å². The number of ether oxygens (including phenoxy) is 1. The number of allylic oxidation sites excluding steroid dienone is 3. The van der Waals surface area contributed by atoms with E-state index in [4.69, 9.17) is 4.74 Å². The minimum atomic E-state index is -0.106. The SMILES string of the molecule is O=c1cc(NC2=CCCC=CC2)n(-c2ccccc2)c2c(Oc3ccccc3)cncc12. The zero-order valence-corrected chi connectivity index (χ0v) is 17.6. The monoisotopic (exact) mass is 421 g/mol. The molecule has 1 aliphatic rings. The van der Waals surface area contributed by atoms with Crippen LogP contribution in [0.4, 0.5) is 5.82 Å². The summed E-state index contributed by atoms with van der Waals surface area (Å²) in [5.74, 6) is 1.90. The fourth-order valence-electron chi connectivity index (χ4n) is 3.89. The van der Waals surface area contributed by atoms with Gasteiger partial charge in [0.25, 0.3) is 0 Å². The van der Waals surface area contributed by atoms with Crippen LogP contribution < -0.4 is 15.5 Å². The molecule has 0 spiro atoms. The summed E-state index contributed by atoms with van der Waals surface area (Å²) < 4.78 is 8.23. The molecule has 32 heavy (non-hydrogen) atoms. The molecule has 158 valence electrons. The number of hydrogen-bond acceptors (Lipinski definition) is 4. The van der Waals surface area contributed by atoms with Gasteiger partial charge >= 0.3 is 0 Å². The maximum Gasteiger partial charge on any atom is 0.193 e. The number of anilines is 1. The van der Waals surface area contributed by atoms with E-state index >= 15 is 0 Å². The summed E-state index contributed by atoms with van der Waals surface area (Å²) >= 11 is 0. The minimum Gasteiger partial charge on any atom is -0.454 e. The van der Waals surface area contributed by atoms with Crippen molar-refractivity contribution < 1.29 is 4.74 Å². The van der Waals surface area contributed by atoms with Crippen LogP contribution in [-0.2, 0) is 0 Å². The van der Waals surface area contributed by atoms with Crippen LogP contribution in [0.25, 0.3) is 16.6 Å². The van der Waals surface area contributed by atoms with Gasteiger partial charge in [-0.25, -0.2) is 0 Å². The fourth-order valence-corrected chi connectivity index (χ4v) is 3.89. The Morgan fingerprint density at radius 3 is 2.50 bits per heavy atom. The van der Waals surface area contributed by atoms with E-state index < -0.39 is 0 Å². The van der Waals surface area contributed by atoms with Crippen molar-refractivity contribution in [3.63, 3.8) is 0 Å². The number of hydrogen-bond donors (Lipinski definition) is 1. The molecule has 2 aromatic carbocycles. The zero-order valence-electron chi connectivity index (χ0n) is 17.6. The first kappa shape index (κ1) is 19.8. The summed E-state index contributed by atoms with van der Waals surface area (Å²) in [5, 5.41) is 4.01. The van der Waals surface area contributed by atoms with E-state index in [-0.39, 0.29) is 5.43 Å². The predicted molar refractivity (Wildman–Crippen MR) is 129 cm³/mol. The highest BCUT2D eigenvalue weighted by Gasteiger charge is 2.17. The minimum absolute atomic E-state index is 0.106. The lowest BCUT2D eigenvalue weighted by Crippen LogP contribution is -2.15. The van der Waals surface area contributed by atoms with Crippen molar-refractivity contribution in [2.75, 3.05) is 5.32 Å². The highest BCUT2D eigenvalue weighted by molar-refractivity contribution is 5.88. The average molecular weight is 422 g/mol. The standard InChI is InChI=1S/C27H23N3O2/c31-24-17-26(29-20-11-5-1-2-6-12-20)30(21-13-7-3-8-14-21)27-23(24)18-28-19-25(27)32-22-15-9-4-10-16-22/h1,3-5,7-10,12-19,29H,2,6,11H2. The number of aromatic nitrogens is 2. The molecule has 0 saturated carbocycles. The van der Waals surface area contributed by atoms with Crippen molar-refractivity contribution in [3.8, 4) is 17.2 Å². The fraction of sp³-hybridized carbons (Fsp3) is 0.111. The lowest BCUT2D eigenvalue weighted by molar-refractivity contribution is 0.484. The van der Waals surface area contributed by atoms with Gasteiger partial charge in [-0.3, -0.25) is 14.3 Å². The van der Waals surface area contributed by atoms with Crippen molar-refractivity contribution >= 4 is 16.7 Å². The van der Waals surface area contributed by atoms with Crippen LogP contribution >= 0.6 is 0 Å². The molecule has 0 radical (unpaired) electrons. The normalized spacial score (nSPS) is 13.4. The summed E-state index contributed by atoms with van der Waals surface area (Å²) in [7, 11) is 0. The second kappa shape index (κ2) is 8.94. The second-order valence-corrected chi connectivity index (χ2v) is 7.62. The maximum atomic E-state index is 13.1. The van der Waals surface area contributed by atoms with Gasteiger partial charge < -0.3 is 10.1 Å². The third-order valence-electron chi connectivity index (χ3n) is 5.38. The molecular formula is C27H23N3O2. The Bertz CT molecular complexity index is 1360. The molecule has 1 N–H and O–H groups in total. The van der Waals surface area contributed by atoms with Crippen LogP contribution in [0.1, 0.15) is 19.3 Å². The number of para-hydroxylation sites is 2. The third-order valence-corrected chi connectivity index (χ3v) is 5.38. The summed E-state index contributed by atoms with van der Waals surface area (Å²) in [6.07, 6.45) is 12.6. The summed E-state index contributed by atoms with van der Waals surface area (Å²) in [4.78, 5) is 17.4. The van der Waals surface area contributed by atoms with E-state index in [1.807, 2.05) is 65.2 Å². The Hall–Kier alpha value is -4.12. The number of benzene rings is 2. The lowest BCUT2D eigenvalue weighted by Gasteiger charge is -2.21. The lowest BCUT2D eigenvalue weighted by atomic mass is 10.2. The van der Waals surface area contributed by atoms with Gasteiger partial charge in [0.2, 0.25) is 0 Å². The number of pyridine rings is 2. The Morgan fingerprint density at radius 1 is 0.906 bits per heavy atom. The van der Waals surface area contributed by atoms with E-state index in [0.29, 0.717) is 28.2 Å². The van der Waals surface area contributed by atoms with Crippen LogP contribution in [0, 0.1) is 0 Å². The van der Waals surface area contributed by atoms with E-state index in [9.17, 15) is 4.79 Å². The molecule has 0 aliphatic heterocycles. The highest BCUT2D eigenvalue weighted by atomic mass is 16.5. The van der Waals surface area contributed by atoms with Gasteiger partial charge in [-0.15, -0.1) is 0 Å². The van der Waals surface area contributed by atoms with E-state index in [1.165, 1.54) is 0 Å². The second-order valence-electron chi connectivity index (χ2n) is 7.62. The van der Waals surface area contributed by atoms with E-state index in [2.05, 4.69) is 28.5 Å². The molecular weight excluding hydrogens is 398 g/mol. The summed E-state index contributed by atoms with van der Waals surface area (Å²) in [6, 6.07) is 21.1. The molecule has 0 amide bonds. The summed E-state index contributed by atoms with van der Waals surface area (Å²) in [5.41, 5.74) is 2.57. The molecule has 0 fully saturated rings. The maximum absolute atomic E-state index is 13.1. The molecule has 2 aromatic heterocycles. The largest absolute Gasteiger partial charge is 0.454 e. The van der Waals surface area contributed by atoms with Gasteiger partial charge in [-0.05, 0) is 37.1 Å². The number of fused-ring (bicyclic) bond motifs is 1. The van der Waals surface area contributed by atoms with Crippen LogP contribution in [0.5, 0.6) is 11.5 Å². The van der Waals surface area contributed by atoms with Crippen molar-refractivity contribution in [3.05, 3.63) is 113 Å². The number of rotatable bonds is 5. The first-order chi connectivity index (χ1) is 15.8. The van der Waals surface area contributed by atoms with Crippen LogP contribution in [0.3, 0.4) is 0 Å². The van der Waals surface area contributed by atoms with Crippen molar-refractivity contribution in [1.29, 1.82) is 0 Å². The molecule has 2 heterocycles. The number of nitrogens with zero attached hydrogens (tertiary/aromatic N) is 2. The van der Waals surface area contributed by atoms with Crippen molar-refractivity contribution in [2.45, 2.75) is 19.3 Å². The molecule has 5 rings (SSSR count). The van der Waals surface area contributed by atoms with E-state index in [0.717, 1.165) is 30.6 Å². The molecule has 1 aliphatic carbocycles. The summed E-state index contributed by atoms with van der Waals surface area (Å²) in [6.45, 7) is 0. The molecule has 5 nitrogen and oxygen atoms in total. The molecule has 0 saturated heterocycles. The number of nitrogens with one attached hydrogen (secondary N) is 1. The van der Waals surface area contributed by atoms with Crippen LogP contribution in [-0.4, -0.2) is 9.55 Å². The van der Waals surface area contributed by atoms with Gasteiger partial charge in [0.1, 0.15) is 17.1 Å². The van der Waals surface area contributed by atoms with Gasteiger partial charge in [-0.1, -0.05) is 54.6 Å². The van der Waals surface area contributed by atoms with E-state index in [1.54, 1.807) is 18.5 Å². The Kier molecular flexibility index (Phi) is 5.54. The van der Waals surface area contributed by atoms with Gasteiger partial charge in [0.15, 0.2) is 11.2 Å². The Balaban J connectivity index is 1.74. The van der Waals surface area contributed by atoms with Crippen LogP contribution in [0.2, 0.25) is 0 Å². The molecule has 4 aromatic rings. The molecule has 0 unspecified atom stereocenters. The quantitative estimate of drug-likeness (QED) is 0.389. The highest BCUT2D eigenvalue weighted by Crippen LogP contribution is 2.32. The average Bonchev–Trinajstić information content (AvgIpc) is 3.10. The topological polar surface area (TPSA) is 56.2 Å². The van der Waals surface area contributed by atoms with Gasteiger partial charge in [-0.2, -0.15) is 0 Å². The first-order valence-electron chi connectivity index (χ1n) is 10.7. The molecule has 5 heteroatoms. The zero-order chi connectivity index (χ0) is 21.8. The molecule has 0 bridgehead atoms. The molecule has 0 atom stereocenters. The predicted octanol–water partition coefficient (Wildman–Crippen LogP) is 6.21. The Morgan fingerprint density at radius 2 is 1.69 bits per heavy atom. The van der Waals surface area contributed by atoms with Crippen LogP contribution in [0.15, 0.2) is 108 Å².